The number of urea groups is 1. The fourth-order valence-electron chi connectivity index (χ4n) is 6.01. The standard InChI is InChI=1S/C30H41N3O/c1-20(2)23-13-11-14-24(21(3)4)28(23)33(29(31)34)19-30(16-9-10-17-30)26-18-32(22(5)6)27-15-8-7-12-25(26)27/h7-8,11-15,18,20-22H,9-10,16-17,19H2,1-6H3,(H2,31,34). The molecule has 182 valence electrons. The van der Waals surface area contributed by atoms with Crippen LogP contribution in [-0.4, -0.2) is 17.1 Å². The normalized spacial score (nSPS) is 15.7. The van der Waals surface area contributed by atoms with Crippen LogP contribution in [0.5, 0.6) is 0 Å². The maximum Gasteiger partial charge on any atom is 0.319 e. The number of primary amides is 1. The van der Waals surface area contributed by atoms with Crippen molar-refractivity contribution >= 4 is 22.6 Å². The summed E-state index contributed by atoms with van der Waals surface area (Å²) in [5.74, 6) is 0.607. The molecule has 1 aliphatic rings. The van der Waals surface area contributed by atoms with Gasteiger partial charge in [-0.3, -0.25) is 4.90 Å². The van der Waals surface area contributed by atoms with E-state index >= 15 is 0 Å². The minimum Gasteiger partial charge on any atom is -0.351 e. The van der Waals surface area contributed by atoms with Gasteiger partial charge < -0.3 is 10.3 Å². The van der Waals surface area contributed by atoms with Crippen molar-refractivity contribution in [2.24, 2.45) is 5.73 Å². The minimum absolute atomic E-state index is 0.104. The van der Waals surface area contributed by atoms with Crippen molar-refractivity contribution in [1.29, 1.82) is 0 Å². The second-order valence-corrected chi connectivity index (χ2v) is 11.1. The van der Waals surface area contributed by atoms with Gasteiger partial charge in [-0.25, -0.2) is 4.79 Å². The molecular formula is C30H41N3O. The van der Waals surface area contributed by atoms with E-state index in [1.807, 2.05) is 4.90 Å². The number of aromatic nitrogens is 1. The summed E-state index contributed by atoms with van der Waals surface area (Å²) in [5, 5.41) is 1.31. The van der Waals surface area contributed by atoms with E-state index in [1.165, 1.54) is 40.4 Å². The quantitative estimate of drug-likeness (QED) is 0.384. The number of nitrogens with zero attached hydrogens (tertiary/aromatic N) is 2. The van der Waals surface area contributed by atoms with E-state index in [4.69, 9.17) is 5.73 Å². The largest absolute Gasteiger partial charge is 0.351 e. The molecule has 1 fully saturated rings. The Bertz CT molecular complexity index is 1140. The molecule has 4 nitrogen and oxygen atoms in total. The average Bonchev–Trinajstić information content (AvgIpc) is 3.42. The summed E-state index contributed by atoms with van der Waals surface area (Å²) >= 11 is 0. The molecule has 1 heterocycles. The van der Waals surface area contributed by atoms with Crippen LogP contribution in [0.3, 0.4) is 0 Å². The third-order valence-electron chi connectivity index (χ3n) is 7.77. The van der Waals surface area contributed by atoms with Crippen molar-refractivity contribution in [3.8, 4) is 0 Å². The van der Waals surface area contributed by atoms with Crippen molar-refractivity contribution < 1.29 is 4.79 Å². The molecule has 4 heteroatoms. The van der Waals surface area contributed by atoms with Gasteiger partial charge in [0.1, 0.15) is 0 Å². The van der Waals surface area contributed by atoms with Crippen LogP contribution in [0, 0.1) is 0 Å². The van der Waals surface area contributed by atoms with E-state index in [2.05, 4.69) is 94.8 Å². The average molecular weight is 460 g/mol. The van der Waals surface area contributed by atoms with Gasteiger partial charge in [0.05, 0.1) is 5.69 Å². The summed E-state index contributed by atoms with van der Waals surface area (Å²) < 4.78 is 2.39. The molecule has 0 spiro atoms. The number of hydrogen-bond acceptors (Lipinski definition) is 1. The van der Waals surface area contributed by atoms with Crippen LogP contribution in [-0.2, 0) is 5.41 Å². The van der Waals surface area contributed by atoms with Crippen LogP contribution < -0.4 is 10.6 Å². The smallest absolute Gasteiger partial charge is 0.319 e. The first-order chi connectivity index (χ1) is 16.2. The van der Waals surface area contributed by atoms with Gasteiger partial charge in [-0.2, -0.15) is 0 Å². The second-order valence-electron chi connectivity index (χ2n) is 11.1. The fourth-order valence-corrected chi connectivity index (χ4v) is 6.01. The number of benzene rings is 2. The van der Waals surface area contributed by atoms with E-state index in [0.717, 1.165) is 18.5 Å². The third kappa shape index (κ3) is 4.23. The van der Waals surface area contributed by atoms with Gasteiger partial charge in [0.2, 0.25) is 0 Å². The predicted molar refractivity (Wildman–Crippen MR) is 144 cm³/mol. The Morgan fingerprint density at radius 3 is 2.06 bits per heavy atom. The molecule has 0 unspecified atom stereocenters. The van der Waals surface area contributed by atoms with Gasteiger partial charge in [-0.1, -0.05) is 76.9 Å². The lowest BCUT2D eigenvalue weighted by atomic mass is 9.77. The van der Waals surface area contributed by atoms with E-state index < -0.39 is 0 Å². The second kappa shape index (κ2) is 9.48. The summed E-state index contributed by atoms with van der Waals surface area (Å²) in [4.78, 5) is 15.0. The molecule has 1 saturated carbocycles. The van der Waals surface area contributed by atoms with Crippen LogP contribution in [0.2, 0.25) is 0 Å². The molecule has 1 aliphatic carbocycles. The number of carbonyl (C=O) groups is 1. The van der Waals surface area contributed by atoms with Crippen molar-refractivity contribution in [2.45, 2.75) is 90.5 Å². The lowest BCUT2D eigenvalue weighted by Gasteiger charge is -2.37. The molecule has 0 radical (unpaired) electrons. The van der Waals surface area contributed by atoms with E-state index in [0.29, 0.717) is 24.4 Å². The highest BCUT2D eigenvalue weighted by atomic mass is 16.2. The lowest BCUT2D eigenvalue weighted by molar-refractivity contribution is 0.251. The molecule has 4 rings (SSSR count). The van der Waals surface area contributed by atoms with Crippen molar-refractivity contribution in [1.82, 2.24) is 4.57 Å². The summed E-state index contributed by atoms with van der Waals surface area (Å²) in [5.41, 5.74) is 12.1. The molecule has 0 saturated heterocycles. The number of para-hydroxylation sites is 2. The number of hydrogen-bond donors (Lipinski definition) is 1. The number of carbonyl (C=O) groups excluding carboxylic acids is 1. The summed E-state index contributed by atoms with van der Waals surface area (Å²) in [7, 11) is 0. The molecule has 34 heavy (non-hydrogen) atoms. The van der Waals surface area contributed by atoms with Gasteiger partial charge in [-0.05, 0) is 61.3 Å². The highest BCUT2D eigenvalue weighted by molar-refractivity contribution is 5.94. The molecule has 2 N–H and O–H groups in total. The summed E-state index contributed by atoms with van der Waals surface area (Å²) in [6.45, 7) is 13.9. The monoisotopic (exact) mass is 459 g/mol. The molecule has 0 bridgehead atoms. The number of fused-ring (bicyclic) bond motifs is 1. The summed E-state index contributed by atoms with van der Waals surface area (Å²) in [6.07, 6.45) is 6.86. The number of amides is 2. The van der Waals surface area contributed by atoms with E-state index in [-0.39, 0.29) is 11.4 Å². The summed E-state index contributed by atoms with van der Waals surface area (Å²) in [6, 6.07) is 15.2. The first-order valence-corrected chi connectivity index (χ1v) is 13.0. The molecule has 2 amide bonds. The Labute approximate surface area is 205 Å². The Morgan fingerprint density at radius 2 is 1.53 bits per heavy atom. The zero-order valence-corrected chi connectivity index (χ0v) is 21.8. The van der Waals surface area contributed by atoms with E-state index in [1.54, 1.807) is 0 Å². The topological polar surface area (TPSA) is 51.3 Å². The maximum atomic E-state index is 13.1. The molecule has 3 aromatic rings. The molecule has 0 aliphatic heterocycles. The van der Waals surface area contributed by atoms with Crippen LogP contribution >= 0.6 is 0 Å². The van der Waals surface area contributed by atoms with Gasteiger partial charge in [0.25, 0.3) is 0 Å². The number of rotatable bonds is 7. The van der Waals surface area contributed by atoms with Crippen molar-refractivity contribution in [3.63, 3.8) is 0 Å². The predicted octanol–water partition coefficient (Wildman–Crippen LogP) is 7.87. The highest BCUT2D eigenvalue weighted by Gasteiger charge is 2.41. The Hall–Kier alpha value is -2.75. The number of anilines is 1. The first kappa shape index (κ1) is 24.4. The van der Waals surface area contributed by atoms with Crippen LogP contribution in [0.4, 0.5) is 10.5 Å². The zero-order valence-electron chi connectivity index (χ0n) is 21.8. The molecular weight excluding hydrogens is 418 g/mol. The van der Waals surface area contributed by atoms with Gasteiger partial charge in [-0.15, -0.1) is 0 Å². The van der Waals surface area contributed by atoms with E-state index in [9.17, 15) is 4.79 Å². The zero-order chi connectivity index (χ0) is 24.6. The molecule has 0 atom stereocenters. The highest BCUT2D eigenvalue weighted by Crippen LogP contribution is 2.47. The number of nitrogens with two attached hydrogens (primary N) is 1. The van der Waals surface area contributed by atoms with Gasteiger partial charge in [0, 0.05) is 35.1 Å². The maximum absolute atomic E-state index is 13.1. The minimum atomic E-state index is -0.353. The Balaban J connectivity index is 1.90. The van der Waals surface area contributed by atoms with Crippen molar-refractivity contribution in [2.75, 3.05) is 11.4 Å². The Morgan fingerprint density at radius 1 is 0.941 bits per heavy atom. The lowest BCUT2D eigenvalue weighted by Crippen LogP contribution is -2.46. The van der Waals surface area contributed by atoms with Crippen LogP contribution in [0.15, 0.2) is 48.7 Å². The van der Waals surface area contributed by atoms with Crippen molar-refractivity contribution in [3.05, 3.63) is 65.4 Å². The van der Waals surface area contributed by atoms with Crippen LogP contribution in [0.25, 0.3) is 10.9 Å². The van der Waals surface area contributed by atoms with Gasteiger partial charge >= 0.3 is 6.03 Å². The third-order valence-corrected chi connectivity index (χ3v) is 7.77. The van der Waals surface area contributed by atoms with Crippen LogP contribution in [0.1, 0.15) is 102 Å². The first-order valence-electron chi connectivity index (χ1n) is 13.0. The van der Waals surface area contributed by atoms with Gasteiger partial charge in [0.15, 0.2) is 0 Å². The molecule has 2 aromatic carbocycles. The Kier molecular flexibility index (Phi) is 6.80. The fraction of sp³-hybridized carbons (Fsp3) is 0.500. The SMILES string of the molecule is CC(C)c1cccc(C(C)C)c1N(CC1(c2cn(C(C)C)c3ccccc23)CCCC1)C(N)=O. The molecule has 1 aromatic heterocycles.